The molecule has 2 amide bonds. The summed E-state index contributed by atoms with van der Waals surface area (Å²) in [6.07, 6.45) is 2.35. The first-order chi connectivity index (χ1) is 9.51. The number of nitrogens with zero attached hydrogens (tertiary/aromatic N) is 2. The summed E-state index contributed by atoms with van der Waals surface area (Å²) >= 11 is 1.41. The van der Waals surface area contributed by atoms with Gasteiger partial charge in [-0.25, -0.2) is 9.78 Å². The Hall–Kier alpha value is -1.63. The predicted octanol–water partition coefficient (Wildman–Crippen LogP) is 2.60. The lowest BCUT2D eigenvalue weighted by Gasteiger charge is -2.22. The molecule has 1 aliphatic rings. The van der Waals surface area contributed by atoms with Crippen molar-refractivity contribution in [1.29, 1.82) is 0 Å². The summed E-state index contributed by atoms with van der Waals surface area (Å²) in [5, 5.41) is 14.2. The third-order valence-corrected chi connectivity index (χ3v) is 4.09. The largest absolute Gasteiger partial charge is 0.481 e. The van der Waals surface area contributed by atoms with Crippen molar-refractivity contribution in [3.8, 4) is 0 Å². The SMILES string of the molecule is CCN(CC(C)C(=O)O)C(=O)Nc1nc(C2CC2)cs1. The molecular formula is C13H19N3O3S. The van der Waals surface area contributed by atoms with Crippen molar-refractivity contribution in [2.45, 2.75) is 32.6 Å². The van der Waals surface area contributed by atoms with Crippen LogP contribution in [0.5, 0.6) is 0 Å². The first kappa shape index (κ1) is 14.8. The average molecular weight is 297 g/mol. The molecule has 6 nitrogen and oxygen atoms in total. The van der Waals surface area contributed by atoms with E-state index in [2.05, 4.69) is 10.3 Å². The van der Waals surface area contributed by atoms with Crippen molar-refractivity contribution in [2.75, 3.05) is 18.4 Å². The second-order valence-electron chi connectivity index (χ2n) is 5.06. The van der Waals surface area contributed by atoms with Gasteiger partial charge < -0.3 is 10.0 Å². The molecule has 0 saturated heterocycles. The van der Waals surface area contributed by atoms with Crippen molar-refractivity contribution in [3.05, 3.63) is 11.1 Å². The molecule has 1 heterocycles. The molecule has 0 aromatic carbocycles. The number of aliphatic carboxylic acids is 1. The molecule has 2 rings (SSSR count). The van der Waals surface area contributed by atoms with E-state index in [0.717, 1.165) is 5.69 Å². The molecule has 110 valence electrons. The lowest BCUT2D eigenvalue weighted by atomic mass is 10.2. The Bertz CT molecular complexity index is 499. The van der Waals surface area contributed by atoms with Gasteiger partial charge in [-0.2, -0.15) is 0 Å². The molecule has 1 aromatic heterocycles. The molecule has 7 heteroatoms. The molecule has 1 fully saturated rings. The molecule has 2 N–H and O–H groups in total. The number of amides is 2. The van der Waals surface area contributed by atoms with Crippen LogP contribution in [0.2, 0.25) is 0 Å². The third kappa shape index (κ3) is 3.69. The van der Waals surface area contributed by atoms with Crippen molar-refractivity contribution in [1.82, 2.24) is 9.88 Å². The summed E-state index contributed by atoms with van der Waals surface area (Å²) in [4.78, 5) is 28.8. The van der Waals surface area contributed by atoms with Crippen molar-refractivity contribution in [3.63, 3.8) is 0 Å². The van der Waals surface area contributed by atoms with E-state index in [0.29, 0.717) is 17.6 Å². The van der Waals surface area contributed by atoms with Gasteiger partial charge in [0.05, 0.1) is 11.6 Å². The fourth-order valence-corrected chi connectivity index (χ4v) is 2.63. The molecule has 1 saturated carbocycles. The van der Waals surface area contributed by atoms with Crippen molar-refractivity contribution >= 4 is 28.5 Å². The van der Waals surface area contributed by atoms with Gasteiger partial charge in [0.15, 0.2) is 5.13 Å². The maximum absolute atomic E-state index is 12.1. The summed E-state index contributed by atoms with van der Waals surface area (Å²) in [6, 6.07) is -0.294. The highest BCUT2D eigenvalue weighted by molar-refractivity contribution is 7.13. The van der Waals surface area contributed by atoms with Crippen LogP contribution in [-0.2, 0) is 4.79 Å². The maximum Gasteiger partial charge on any atom is 0.323 e. The van der Waals surface area contributed by atoms with Gasteiger partial charge in [0, 0.05) is 24.4 Å². The van der Waals surface area contributed by atoms with E-state index in [4.69, 9.17) is 5.11 Å². The fourth-order valence-electron chi connectivity index (χ4n) is 1.84. The van der Waals surface area contributed by atoms with E-state index in [1.54, 1.807) is 6.92 Å². The number of hydrogen-bond donors (Lipinski definition) is 2. The number of hydrogen-bond acceptors (Lipinski definition) is 4. The second-order valence-corrected chi connectivity index (χ2v) is 5.92. The van der Waals surface area contributed by atoms with Gasteiger partial charge in [-0.15, -0.1) is 11.3 Å². The second kappa shape index (κ2) is 6.21. The van der Waals surface area contributed by atoms with Gasteiger partial charge in [-0.3, -0.25) is 10.1 Å². The Balaban J connectivity index is 1.92. The highest BCUT2D eigenvalue weighted by Gasteiger charge is 2.26. The topological polar surface area (TPSA) is 82.5 Å². The Morgan fingerprint density at radius 1 is 1.60 bits per heavy atom. The van der Waals surface area contributed by atoms with Gasteiger partial charge in [0.2, 0.25) is 0 Å². The number of nitrogens with one attached hydrogen (secondary N) is 1. The number of carboxylic acids is 1. The normalized spacial score (nSPS) is 15.7. The Kier molecular flexibility index (Phi) is 4.59. The molecular weight excluding hydrogens is 278 g/mol. The first-order valence-corrected chi connectivity index (χ1v) is 7.63. The molecule has 0 radical (unpaired) electrons. The monoisotopic (exact) mass is 297 g/mol. The molecule has 1 unspecified atom stereocenters. The van der Waals surface area contributed by atoms with E-state index in [-0.39, 0.29) is 12.6 Å². The molecule has 0 aliphatic heterocycles. The number of anilines is 1. The number of urea groups is 1. The summed E-state index contributed by atoms with van der Waals surface area (Å²) in [5.41, 5.74) is 1.05. The van der Waals surface area contributed by atoms with Crippen LogP contribution in [0.1, 0.15) is 38.3 Å². The van der Waals surface area contributed by atoms with Gasteiger partial charge in [-0.1, -0.05) is 6.92 Å². The summed E-state index contributed by atoms with van der Waals surface area (Å²) in [7, 11) is 0. The molecule has 0 bridgehead atoms. The average Bonchev–Trinajstić information content (AvgIpc) is 3.16. The minimum atomic E-state index is -0.901. The smallest absolute Gasteiger partial charge is 0.323 e. The summed E-state index contributed by atoms with van der Waals surface area (Å²) in [6.45, 7) is 4.07. The van der Waals surface area contributed by atoms with Crippen LogP contribution in [0, 0.1) is 5.92 Å². The number of rotatable bonds is 6. The van der Waals surface area contributed by atoms with Crippen LogP contribution < -0.4 is 5.32 Å². The molecule has 1 aromatic rings. The van der Waals surface area contributed by atoms with Crippen LogP contribution in [0.4, 0.5) is 9.93 Å². The third-order valence-electron chi connectivity index (χ3n) is 3.32. The molecule has 1 aliphatic carbocycles. The highest BCUT2D eigenvalue weighted by Crippen LogP contribution is 2.40. The molecule has 0 spiro atoms. The zero-order chi connectivity index (χ0) is 14.7. The van der Waals surface area contributed by atoms with Crippen LogP contribution in [0.15, 0.2) is 5.38 Å². The number of carbonyl (C=O) groups is 2. The Morgan fingerprint density at radius 3 is 2.85 bits per heavy atom. The van der Waals surface area contributed by atoms with Gasteiger partial charge in [-0.05, 0) is 19.8 Å². The van der Waals surface area contributed by atoms with Crippen LogP contribution >= 0.6 is 11.3 Å². The Labute approximate surface area is 121 Å². The van der Waals surface area contributed by atoms with Crippen molar-refractivity contribution in [2.24, 2.45) is 5.92 Å². The number of carboxylic acid groups (broad SMARTS) is 1. The maximum atomic E-state index is 12.1. The predicted molar refractivity (Wildman–Crippen MR) is 77.2 cm³/mol. The zero-order valence-corrected chi connectivity index (χ0v) is 12.4. The number of aromatic nitrogens is 1. The van der Waals surface area contributed by atoms with Crippen LogP contribution in [0.25, 0.3) is 0 Å². The van der Waals surface area contributed by atoms with Gasteiger partial charge in [0.1, 0.15) is 0 Å². The summed E-state index contributed by atoms with van der Waals surface area (Å²) in [5.74, 6) is -0.924. The number of thiazole rings is 1. The number of carbonyl (C=O) groups excluding carboxylic acids is 1. The summed E-state index contributed by atoms with van der Waals surface area (Å²) < 4.78 is 0. The van der Waals surface area contributed by atoms with E-state index in [1.807, 2.05) is 12.3 Å². The quantitative estimate of drug-likeness (QED) is 0.845. The molecule has 1 atom stereocenters. The lowest BCUT2D eigenvalue weighted by molar-refractivity contribution is -0.141. The highest BCUT2D eigenvalue weighted by atomic mass is 32.1. The van der Waals surface area contributed by atoms with Crippen molar-refractivity contribution < 1.29 is 14.7 Å². The Morgan fingerprint density at radius 2 is 2.30 bits per heavy atom. The minimum absolute atomic E-state index is 0.193. The van der Waals surface area contributed by atoms with Gasteiger partial charge in [0.25, 0.3) is 0 Å². The first-order valence-electron chi connectivity index (χ1n) is 6.75. The lowest BCUT2D eigenvalue weighted by Crippen LogP contribution is -2.39. The van der Waals surface area contributed by atoms with Crippen LogP contribution in [0.3, 0.4) is 0 Å². The van der Waals surface area contributed by atoms with E-state index in [1.165, 1.54) is 29.1 Å². The van der Waals surface area contributed by atoms with E-state index >= 15 is 0 Å². The van der Waals surface area contributed by atoms with Crippen LogP contribution in [-0.4, -0.2) is 40.1 Å². The minimum Gasteiger partial charge on any atom is -0.481 e. The molecule has 20 heavy (non-hydrogen) atoms. The van der Waals surface area contributed by atoms with E-state index < -0.39 is 11.9 Å². The standard InChI is InChI=1S/C13H19N3O3S/c1-3-16(6-8(2)11(17)18)13(19)15-12-14-10(7-20-12)9-4-5-9/h7-9H,3-6H2,1-2H3,(H,17,18)(H,14,15,19). The fraction of sp³-hybridized carbons (Fsp3) is 0.615. The van der Waals surface area contributed by atoms with E-state index in [9.17, 15) is 9.59 Å². The zero-order valence-electron chi connectivity index (χ0n) is 11.6. The van der Waals surface area contributed by atoms with Gasteiger partial charge >= 0.3 is 12.0 Å².